The van der Waals surface area contributed by atoms with Gasteiger partial charge in [0.2, 0.25) is 0 Å². The molecule has 0 aromatic carbocycles. The van der Waals surface area contributed by atoms with Gasteiger partial charge in [0, 0.05) is 32.1 Å². The molecule has 1 aromatic rings. The molecule has 1 aromatic heterocycles. The van der Waals surface area contributed by atoms with Crippen LogP contribution in [0.3, 0.4) is 0 Å². The van der Waals surface area contributed by atoms with Gasteiger partial charge in [-0.25, -0.2) is 0 Å². The number of pyridine rings is 1. The summed E-state index contributed by atoms with van der Waals surface area (Å²) >= 11 is 0. The normalized spacial score (nSPS) is 19.2. The smallest absolute Gasteiger partial charge is 0.141 e. The molecule has 0 amide bonds. The molecule has 92 valence electrons. The zero-order valence-electron chi connectivity index (χ0n) is 10.0. The van der Waals surface area contributed by atoms with Crippen LogP contribution in [0.4, 0.5) is 5.69 Å². The molecule has 0 aliphatic carbocycles. The minimum absolute atomic E-state index is 0.00244. The summed E-state index contributed by atoms with van der Waals surface area (Å²) in [5.41, 5.74) is 6.95. The number of amidine groups is 1. The summed E-state index contributed by atoms with van der Waals surface area (Å²) in [6.07, 6.45) is 4.26. The summed E-state index contributed by atoms with van der Waals surface area (Å²) in [6.45, 7) is 1.73. The van der Waals surface area contributed by atoms with Crippen molar-refractivity contribution < 1.29 is 4.74 Å². The number of nitrogens with zero attached hydrogens (tertiary/aromatic N) is 2. The zero-order chi connectivity index (χ0) is 12.3. The first-order valence-electron chi connectivity index (χ1n) is 5.80. The van der Waals surface area contributed by atoms with Crippen molar-refractivity contribution >= 4 is 11.5 Å². The van der Waals surface area contributed by atoms with Crippen LogP contribution < -0.4 is 10.6 Å². The van der Waals surface area contributed by atoms with Gasteiger partial charge in [-0.1, -0.05) is 0 Å². The predicted octanol–water partition coefficient (Wildman–Crippen LogP) is 0.981. The largest absolute Gasteiger partial charge is 0.382 e. The minimum Gasteiger partial charge on any atom is -0.382 e. The molecule has 0 saturated carbocycles. The molecule has 0 radical (unpaired) electrons. The van der Waals surface area contributed by atoms with Crippen molar-refractivity contribution in [2.45, 2.75) is 18.9 Å². The Kier molecular flexibility index (Phi) is 3.58. The summed E-state index contributed by atoms with van der Waals surface area (Å²) in [5, 5.41) is 7.37. The maximum absolute atomic E-state index is 7.37. The molecule has 1 atom stereocenters. The Bertz CT molecular complexity index is 401. The van der Waals surface area contributed by atoms with Crippen LogP contribution >= 0.6 is 0 Å². The topological polar surface area (TPSA) is 75.2 Å². The number of ether oxygens (including phenoxy) is 1. The van der Waals surface area contributed by atoms with E-state index >= 15 is 0 Å². The van der Waals surface area contributed by atoms with Gasteiger partial charge in [-0.05, 0) is 25.0 Å². The molecule has 1 saturated heterocycles. The van der Waals surface area contributed by atoms with E-state index in [2.05, 4.69) is 9.88 Å². The number of nitrogens with two attached hydrogens (primary N) is 1. The molecule has 1 fully saturated rings. The van der Waals surface area contributed by atoms with Gasteiger partial charge >= 0.3 is 0 Å². The highest BCUT2D eigenvalue weighted by atomic mass is 16.5. The standard InChI is InChI=1S/C12H18N4O/c1-16(8-10-3-2-6-17-10)9-4-5-15-11(7-9)12(13)14/h4-5,7,10H,2-3,6,8H2,1H3,(H3,13,14). The third kappa shape index (κ3) is 2.94. The van der Waals surface area contributed by atoms with Crippen LogP contribution in [-0.2, 0) is 4.74 Å². The molecule has 17 heavy (non-hydrogen) atoms. The SMILES string of the molecule is CN(CC1CCCO1)c1ccnc(C(=N)N)c1. The Balaban J connectivity index is 2.04. The monoisotopic (exact) mass is 234 g/mol. The molecule has 1 aliphatic heterocycles. The van der Waals surface area contributed by atoms with Crippen molar-refractivity contribution in [3.8, 4) is 0 Å². The molecule has 3 N–H and O–H groups in total. The highest BCUT2D eigenvalue weighted by Crippen LogP contribution is 2.18. The van der Waals surface area contributed by atoms with Crippen LogP contribution in [0.15, 0.2) is 18.3 Å². The molecule has 5 nitrogen and oxygen atoms in total. The van der Waals surface area contributed by atoms with Crippen molar-refractivity contribution in [1.82, 2.24) is 4.98 Å². The van der Waals surface area contributed by atoms with Crippen LogP contribution in [0.25, 0.3) is 0 Å². The van der Waals surface area contributed by atoms with E-state index in [0.717, 1.165) is 31.7 Å². The molecular weight excluding hydrogens is 216 g/mol. The Morgan fingerprint density at radius 1 is 1.71 bits per heavy atom. The quantitative estimate of drug-likeness (QED) is 0.601. The summed E-state index contributed by atoms with van der Waals surface area (Å²) < 4.78 is 5.60. The maximum Gasteiger partial charge on any atom is 0.141 e. The number of anilines is 1. The lowest BCUT2D eigenvalue weighted by atomic mass is 10.2. The first-order valence-corrected chi connectivity index (χ1v) is 5.80. The third-order valence-corrected chi connectivity index (χ3v) is 2.96. The lowest BCUT2D eigenvalue weighted by Gasteiger charge is -2.22. The van der Waals surface area contributed by atoms with Gasteiger partial charge in [-0.15, -0.1) is 0 Å². The van der Waals surface area contributed by atoms with E-state index in [0.29, 0.717) is 11.8 Å². The van der Waals surface area contributed by atoms with E-state index in [9.17, 15) is 0 Å². The second-order valence-corrected chi connectivity index (χ2v) is 4.33. The Hall–Kier alpha value is -1.62. The fraction of sp³-hybridized carbons (Fsp3) is 0.500. The Labute approximate surface area is 101 Å². The van der Waals surface area contributed by atoms with E-state index in [4.69, 9.17) is 15.9 Å². The highest BCUT2D eigenvalue weighted by Gasteiger charge is 2.17. The van der Waals surface area contributed by atoms with Gasteiger partial charge < -0.3 is 15.4 Å². The van der Waals surface area contributed by atoms with Crippen LogP contribution in [0, 0.1) is 5.41 Å². The van der Waals surface area contributed by atoms with E-state index in [1.54, 1.807) is 6.20 Å². The van der Waals surface area contributed by atoms with E-state index in [-0.39, 0.29) is 5.84 Å². The number of hydrogen-bond acceptors (Lipinski definition) is 4. The number of rotatable bonds is 4. The second kappa shape index (κ2) is 5.14. The molecule has 0 bridgehead atoms. The van der Waals surface area contributed by atoms with E-state index in [1.807, 2.05) is 19.2 Å². The van der Waals surface area contributed by atoms with Crippen LogP contribution in [0.5, 0.6) is 0 Å². The average molecular weight is 234 g/mol. The lowest BCUT2D eigenvalue weighted by molar-refractivity contribution is 0.116. The summed E-state index contributed by atoms with van der Waals surface area (Å²) in [4.78, 5) is 6.16. The minimum atomic E-state index is -0.00244. The Morgan fingerprint density at radius 2 is 2.53 bits per heavy atom. The highest BCUT2D eigenvalue weighted by molar-refractivity contribution is 5.93. The molecule has 0 spiro atoms. The molecule has 2 rings (SSSR count). The number of nitrogen functional groups attached to an aromatic ring is 1. The first-order chi connectivity index (χ1) is 8.16. The number of hydrogen-bond donors (Lipinski definition) is 2. The Morgan fingerprint density at radius 3 is 3.18 bits per heavy atom. The maximum atomic E-state index is 7.37. The first kappa shape index (κ1) is 11.9. The van der Waals surface area contributed by atoms with Gasteiger partial charge in [0.05, 0.1) is 6.10 Å². The number of nitrogens with one attached hydrogen (secondary N) is 1. The molecule has 2 heterocycles. The zero-order valence-corrected chi connectivity index (χ0v) is 10.0. The van der Waals surface area contributed by atoms with Crippen molar-refractivity contribution in [1.29, 1.82) is 5.41 Å². The van der Waals surface area contributed by atoms with Crippen molar-refractivity contribution in [3.05, 3.63) is 24.0 Å². The van der Waals surface area contributed by atoms with Gasteiger partial charge in [0.15, 0.2) is 0 Å². The molecule has 5 heteroatoms. The van der Waals surface area contributed by atoms with E-state index < -0.39 is 0 Å². The number of likely N-dealkylation sites (N-methyl/N-ethyl adjacent to an activating group) is 1. The van der Waals surface area contributed by atoms with Crippen molar-refractivity contribution in [2.24, 2.45) is 5.73 Å². The molecular formula is C12H18N4O. The number of aromatic nitrogens is 1. The fourth-order valence-corrected chi connectivity index (χ4v) is 2.00. The summed E-state index contributed by atoms with van der Waals surface area (Å²) in [5.74, 6) is -0.00244. The predicted molar refractivity (Wildman–Crippen MR) is 67.5 cm³/mol. The van der Waals surface area contributed by atoms with Crippen molar-refractivity contribution in [3.63, 3.8) is 0 Å². The lowest BCUT2D eigenvalue weighted by Crippen LogP contribution is -2.28. The second-order valence-electron chi connectivity index (χ2n) is 4.33. The average Bonchev–Trinajstić information content (AvgIpc) is 2.82. The van der Waals surface area contributed by atoms with Crippen LogP contribution in [-0.4, -0.2) is 37.1 Å². The van der Waals surface area contributed by atoms with E-state index in [1.165, 1.54) is 0 Å². The van der Waals surface area contributed by atoms with Gasteiger partial charge in [-0.3, -0.25) is 10.4 Å². The van der Waals surface area contributed by atoms with Crippen LogP contribution in [0.1, 0.15) is 18.5 Å². The van der Waals surface area contributed by atoms with Crippen LogP contribution in [0.2, 0.25) is 0 Å². The van der Waals surface area contributed by atoms with Gasteiger partial charge in [0.25, 0.3) is 0 Å². The van der Waals surface area contributed by atoms with Gasteiger partial charge in [-0.2, -0.15) is 0 Å². The molecule has 1 unspecified atom stereocenters. The summed E-state index contributed by atoms with van der Waals surface area (Å²) in [7, 11) is 2.01. The van der Waals surface area contributed by atoms with Crippen molar-refractivity contribution in [2.75, 3.05) is 25.1 Å². The molecule has 1 aliphatic rings. The van der Waals surface area contributed by atoms with Gasteiger partial charge in [0.1, 0.15) is 11.5 Å². The summed E-state index contributed by atoms with van der Waals surface area (Å²) in [6, 6.07) is 3.75. The third-order valence-electron chi connectivity index (χ3n) is 2.96. The fourth-order valence-electron chi connectivity index (χ4n) is 2.00.